The molecule has 0 atom stereocenters. The number of allylic oxidation sites excluding steroid dienone is 5. The topological polar surface area (TPSA) is 203 Å². The van der Waals surface area contributed by atoms with Crippen LogP contribution in [0.3, 0.4) is 0 Å². The molecule has 0 unspecified atom stereocenters. The molecule has 0 saturated heterocycles. The standard InChI is InChI=1S/C25H25N7O5S/c1-14(2)38(34,35)18-9-7-17(8-10-18)20-13-29-23(36-25(28)33)22(31-20)21-11-19(32-37-21)16-5-3-15(4-6-16)12-30-24(26)27/h3,5-14H,4H2,1-2H3,(H2,28,33)(H4,26,27,30). The fourth-order valence-corrected chi connectivity index (χ4v) is 4.52. The minimum atomic E-state index is -3.43. The number of benzene rings is 1. The number of sulfone groups is 1. The highest BCUT2D eigenvalue weighted by atomic mass is 32.2. The summed E-state index contributed by atoms with van der Waals surface area (Å²) in [5.41, 5.74) is 19.2. The number of rotatable bonds is 7. The number of carbonyl (C=O) groups excluding carboxylic acids is 1. The number of guanidine groups is 1. The Hall–Kier alpha value is -4.78. The minimum Gasteiger partial charge on any atom is -0.389 e. The molecule has 12 nitrogen and oxygen atoms in total. The molecule has 1 aliphatic carbocycles. The van der Waals surface area contributed by atoms with Crippen LogP contribution in [0, 0.1) is 0 Å². The van der Waals surface area contributed by atoms with Gasteiger partial charge in [-0.2, -0.15) is 0 Å². The summed E-state index contributed by atoms with van der Waals surface area (Å²) in [4.78, 5) is 24.2. The summed E-state index contributed by atoms with van der Waals surface area (Å²) >= 11 is 0. The molecule has 1 amide bonds. The van der Waals surface area contributed by atoms with Gasteiger partial charge in [-0.1, -0.05) is 35.5 Å². The van der Waals surface area contributed by atoms with E-state index in [0.717, 1.165) is 11.1 Å². The molecular weight excluding hydrogens is 510 g/mol. The van der Waals surface area contributed by atoms with Gasteiger partial charge < -0.3 is 26.5 Å². The van der Waals surface area contributed by atoms with Crippen LogP contribution in [-0.4, -0.2) is 40.8 Å². The van der Waals surface area contributed by atoms with Gasteiger partial charge in [0.2, 0.25) is 0 Å². The first-order valence-corrected chi connectivity index (χ1v) is 12.9. The zero-order valence-electron chi connectivity index (χ0n) is 20.5. The third-order valence-corrected chi connectivity index (χ3v) is 7.66. The number of aliphatic imine (C=N–C) groups is 1. The molecule has 0 fully saturated rings. The smallest absolute Gasteiger partial charge is 0.389 e. The molecule has 1 aliphatic rings. The molecule has 2 heterocycles. The fourth-order valence-electron chi connectivity index (χ4n) is 3.46. The first-order valence-electron chi connectivity index (χ1n) is 11.4. The van der Waals surface area contributed by atoms with E-state index in [9.17, 15) is 13.2 Å². The van der Waals surface area contributed by atoms with Crippen molar-refractivity contribution < 1.29 is 22.5 Å². The SMILES string of the molecule is CC(C)S(=O)(=O)c1ccc(-c2cnc(OC(N)=O)c(-c3cc(C4=CCC(=CN=C(N)N)C=C4)no3)n2)cc1. The van der Waals surface area contributed by atoms with Gasteiger partial charge in [0.25, 0.3) is 5.88 Å². The van der Waals surface area contributed by atoms with Crippen LogP contribution < -0.4 is 21.9 Å². The predicted octanol–water partition coefficient (Wildman–Crippen LogP) is 2.94. The van der Waals surface area contributed by atoms with Crippen LogP contribution in [0.25, 0.3) is 28.3 Å². The van der Waals surface area contributed by atoms with Crippen LogP contribution in [0.1, 0.15) is 26.0 Å². The monoisotopic (exact) mass is 535 g/mol. The van der Waals surface area contributed by atoms with Crippen molar-refractivity contribution in [1.82, 2.24) is 15.1 Å². The molecule has 6 N–H and O–H groups in total. The van der Waals surface area contributed by atoms with E-state index in [1.165, 1.54) is 18.3 Å². The lowest BCUT2D eigenvalue weighted by Gasteiger charge is -2.10. The molecule has 0 saturated carbocycles. The second-order valence-corrected chi connectivity index (χ2v) is 11.0. The molecule has 0 bridgehead atoms. The predicted molar refractivity (Wildman–Crippen MR) is 141 cm³/mol. The zero-order valence-corrected chi connectivity index (χ0v) is 21.3. The number of hydrogen-bond acceptors (Lipinski definition) is 9. The molecular formula is C25H25N7O5S. The summed E-state index contributed by atoms with van der Waals surface area (Å²) in [6.45, 7) is 3.23. The van der Waals surface area contributed by atoms with Gasteiger partial charge in [-0.05, 0) is 38.0 Å². The van der Waals surface area contributed by atoms with Crippen molar-refractivity contribution in [2.75, 3.05) is 0 Å². The molecule has 196 valence electrons. The normalized spacial score (nSPS) is 14.4. The average Bonchev–Trinajstić information content (AvgIpc) is 3.38. The third kappa shape index (κ3) is 5.78. The Morgan fingerprint density at radius 2 is 1.87 bits per heavy atom. The van der Waals surface area contributed by atoms with Crippen molar-refractivity contribution >= 4 is 27.5 Å². The van der Waals surface area contributed by atoms with Crippen molar-refractivity contribution in [3.05, 3.63) is 72.2 Å². The molecule has 2 aromatic heterocycles. The molecule has 1 aromatic carbocycles. The van der Waals surface area contributed by atoms with Crippen molar-refractivity contribution in [2.45, 2.75) is 30.4 Å². The number of primary amides is 1. The van der Waals surface area contributed by atoms with E-state index in [1.807, 2.05) is 18.2 Å². The molecule has 3 aromatic rings. The summed E-state index contributed by atoms with van der Waals surface area (Å²) in [5.74, 6) is -0.0185. The van der Waals surface area contributed by atoms with E-state index in [0.29, 0.717) is 23.4 Å². The Bertz CT molecular complexity index is 1600. The molecule has 0 aliphatic heterocycles. The number of ether oxygens (including phenoxy) is 1. The van der Waals surface area contributed by atoms with E-state index in [1.54, 1.807) is 38.2 Å². The number of aromatic nitrogens is 3. The maximum atomic E-state index is 12.4. The number of nitrogens with zero attached hydrogens (tertiary/aromatic N) is 4. The summed E-state index contributed by atoms with van der Waals surface area (Å²) < 4.78 is 35.4. The van der Waals surface area contributed by atoms with Crippen molar-refractivity contribution in [3.8, 4) is 28.6 Å². The highest BCUT2D eigenvalue weighted by Gasteiger charge is 2.22. The summed E-state index contributed by atoms with van der Waals surface area (Å²) in [5, 5.41) is 3.55. The van der Waals surface area contributed by atoms with Crippen LogP contribution in [-0.2, 0) is 9.84 Å². The molecule has 13 heteroatoms. The van der Waals surface area contributed by atoms with E-state index >= 15 is 0 Å². The Labute approximate surface area is 218 Å². The number of hydrogen-bond donors (Lipinski definition) is 3. The highest BCUT2D eigenvalue weighted by molar-refractivity contribution is 7.92. The van der Waals surface area contributed by atoms with E-state index in [4.69, 9.17) is 26.5 Å². The maximum absolute atomic E-state index is 12.4. The number of nitrogens with two attached hydrogens (primary N) is 3. The minimum absolute atomic E-state index is 0.0318. The van der Waals surface area contributed by atoms with Gasteiger partial charge in [0.15, 0.2) is 27.3 Å². The molecule has 0 radical (unpaired) electrons. The van der Waals surface area contributed by atoms with E-state index in [2.05, 4.69) is 20.1 Å². The first-order chi connectivity index (χ1) is 18.0. The van der Waals surface area contributed by atoms with Gasteiger partial charge >= 0.3 is 6.09 Å². The average molecular weight is 536 g/mol. The van der Waals surface area contributed by atoms with Gasteiger partial charge in [0.05, 0.1) is 22.0 Å². The quantitative estimate of drug-likeness (QED) is 0.298. The second-order valence-electron chi connectivity index (χ2n) is 8.48. The van der Waals surface area contributed by atoms with Gasteiger partial charge in [0, 0.05) is 23.4 Å². The van der Waals surface area contributed by atoms with Crippen LogP contribution in [0.5, 0.6) is 5.88 Å². The van der Waals surface area contributed by atoms with E-state index in [-0.39, 0.29) is 28.2 Å². The Morgan fingerprint density at radius 3 is 2.47 bits per heavy atom. The number of amides is 1. The van der Waals surface area contributed by atoms with Gasteiger partial charge in [-0.15, -0.1) is 0 Å². The Kier molecular flexibility index (Phi) is 7.39. The third-order valence-electron chi connectivity index (χ3n) is 5.49. The summed E-state index contributed by atoms with van der Waals surface area (Å²) in [6, 6.07) is 7.87. The molecule has 4 rings (SSSR count). The second kappa shape index (κ2) is 10.7. The maximum Gasteiger partial charge on any atom is 0.411 e. The lowest BCUT2D eigenvalue weighted by molar-refractivity contribution is 0.209. The van der Waals surface area contributed by atoms with Crippen LogP contribution >= 0.6 is 0 Å². The van der Waals surface area contributed by atoms with Gasteiger partial charge in [0.1, 0.15) is 5.69 Å². The van der Waals surface area contributed by atoms with E-state index < -0.39 is 21.2 Å². The lowest BCUT2D eigenvalue weighted by Crippen LogP contribution is -2.21. The largest absolute Gasteiger partial charge is 0.411 e. The Balaban J connectivity index is 1.66. The highest BCUT2D eigenvalue weighted by Crippen LogP contribution is 2.32. The summed E-state index contributed by atoms with van der Waals surface area (Å²) in [7, 11) is -3.43. The van der Waals surface area contributed by atoms with Crippen molar-refractivity contribution in [1.29, 1.82) is 0 Å². The van der Waals surface area contributed by atoms with Gasteiger partial charge in [-0.3, -0.25) is 0 Å². The van der Waals surface area contributed by atoms with Crippen LogP contribution in [0.15, 0.2) is 80.9 Å². The van der Waals surface area contributed by atoms with Crippen molar-refractivity contribution in [2.24, 2.45) is 22.2 Å². The van der Waals surface area contributed by atoms with Gasteiger partial charge in [-0.25, -0.2) is 28.2 Å². The zero-order chi connectivity index (χ0) is 27.4. The van der Waals surface area contributed by atoms with Crippen molar-refractivity contribution in [3.63, 3.8) is 0 Å². The van der Waals surface area contributed by atoms with Crippen LogP contribution in [0.4, 0.5) is 4.79 Å². The summed E-state index contributed by atoms with van der Waals surface area (Å²) in [6.07, 6.45) is 8.05. The molecule has 38 heavy (non-hydrogen) atoms. The van der Waals surface area contributed by atoms with Crippen LogP contribution in [0.2, 0.25) is 0 Å². The number of carbonyl (C=O) groups is 1. The Morgan fingerprint density at radius 1 is 1.13 bits per heavy atom. The first kappa shape index (κ1) is 26.3. The lowest BCUT2D eigenvalue weighted by atomic mass is 10.0. The fraction of sp³-hybridized carbons (Fsp3) is 0.160. The molecule has 0 spiro atoms.